The van der Waals surface area contributed by atoms with E-state index < -0.39 is 0 Å². The third-order valence-electron chi connectivity index (χ3n) is 4.68. The highest BCUT2D eigenvalue weighted by atomic mass is 35.5. The minimum absolute atomic E-state index is 0.248. The molecule has 0 spiro atoms. The summed E-state index contributed by atoms with van der Waals surface area (Å²) in [7, 11) is 0. The quantitative estimate of drug-likeness (QED) is 0.554. The van der Waals surface area contributed by atoms with E-state index in [4.69, 9.17) is 17.3 Å². The minimum atomic E-state index is -0.248. The number of nitrogens with two attached hydrogens (primary N) is 1. The molecule has 1 heterocycles. The largest absolute Gasteiger partial charge is 0.398 e. The van der Waals surface area contributed by atoms with Crippen LogP contribution in [-0.2, 0) is 0 Å². The van der Waals surface area contributed by atoms with Crippen molar-refractivity contribution in [2.24, 2.45) is 0 Å². The number of carbonyl (C=O) groups is 1. The molecule has 3 rings (SSSR count). The molecule has 0 radical (unpaired) electrons. The molecule has 0 aliphatic rings. The number of hydrogen-bond donors (Lipinski definition) is 2. The molecule has 3 N–H and O–H groups in total. The van der Waals surface area contributed by atoms with Gasteiger partial charge in [0, 0.05) is 23.1 Å². The first-order chi connectivity index (χ1) is 13.0. The lowest BCUT2D eigenvalue weighted by molar-refractivity contribution is 0.102. The van der Waals surface area contributed by atoms with Gasteiger partial charge in [0.15, 0.2) is 0 Å². The number of amides is 1. The number of halogens is 1. The van der Waals surface area contributed by atoms with Crippen LogP contribution in [-0.4, -0.2) is 10.9 Å². The Hall–Kier alpha value is -2.85. The standard InChI is InChI=1S/C22H22ClN3O/c1-3-14(2)15-6-9-17(10-7-15)26-22(27)18-11-8-16(13-20(18)24)21-19(23)5-4-12-25-21/h4-14H,3,24H2,1-2H3,(H,26,27). The lowest BCUT2D eigenvalue weighted by atomic mass is 9.98. The predicted molar refractivity (Wildman–Crippen MR) is 112 cm³/mol. The van der Waals surface area contributed by atoms with E-state index >= 15 is 0 Å². The highest BCUT2D eigenvalue weighted by Gasteiger charge is 2.13. The number of nitrogens with one attached hydrogen (secondary N) is 1. The van der Waals surface area contributed by atoms with Crippen LogP contribution < -0.4 is 11.1 Å². The van der Waals surface area contributed by atoms with E-state index in [-0.39, 0.29) is 5.91 Å². The summed E-state index contributed by atoms with van der Waals surface area (Å²) < 4.78 is 0. The first kappa shape index (κ1) is 18.9. The van der Waals surface area contributed by atoms with E-state index in [0.29, 0.717) is 27.9 Å². The zero-order chi connectivity index (χ0) is 19.4. The predicted octanol–water partition coefficient (Wildman–Crippen LogP) is 5.75. The van der Waals surface area contributed by atoms with Gasteiger partial charge in [-0.25, -0.2) is 0 Å². The summed E-state index contributed by atoms with van der Waals surface area (Å²) in [5.41, 5.74) is 10.3. The molecular weight excluding hydrogens is 358 g/mol. The van der Waals surface area contributed by atoms with Crippen molar-refractivity contribution >= 4 is 28.9 Å². The number of anilines is 2. The molecule has 5 heteroatoms. The molecule has 138 valence electrons. The summed E-state index contributed by atoms with van der Waals surface area (Å²) in [6, 6.07) is 16.7. The molecule has 0 bridgehead atoms. The minimum Gasteiger partial charge on any atom is -0.398 e. The van der Waals surface area contributed by atoms with Crippen LogP contribution in [0.5, 0.6) is 0 Å². The van der Waals surface area contributed by atoms with Gasteiger partial charge in [0.2, 0.25) is 0 Å². The molecule has 0 aliphatic heterocycles. The highest BCUT2D eigenvalue weighted by Crippen LogP contribution is 2.28. The Bertz CT molecular complexity index is 954. The zero-order valence-corrected chi connectivity index (χ0v) is 16.1. The number of aromatic nitrogens is 1. The van der Waals surface area contributed by atoms with Crippen LogP contribution in [0.1, 0.15) is 42.1 Å². The van der Waals surface area contributed by atoms with Crippen LogP contribution in [0.2, 0.25) is 5.02 Å². The van der Waals surface area contributed by atoms with Crippen molar-refractivity contribution in [3.63, 3.8) is 0 Å². The van der Waals surface area contributed by atoms with E-state index in [0.717, 1.165) is 17.7 Å². The Labute approximate surface area is 164 Å². The molecule has 1 amide bonds. The second-order valence-electron chi connectivity index (χ2n) is 6.52. The van der Waals surface area contributed by atoms with E-state index in [1.165, 1.54) is 5.56 Å². The number of nitrogens with zero attached hydrogens (tertiary/aromatic N) is 1. The van der Waals surface area contributed by atoms with Crippen molar-refractivity contribution in [1.29, 1.82) is 0 Å². The smallest absolute Gasteiger partial charge is 0.257 e. The van der Waals surface area contributed by atoms with Gasteiger partial charge in [-0.05, 0) is 54.3 Å². The van der Waals surface area contributed by atoms with Gasteiger partial charge in [-0.15, -0.1) is 0 Å². The summed E-state index contributed by atoms with van der Waals surface area (Å²) in [6.45, 7) is 4.34. The molecule has 27 heavy (non-hydrogen) atoms. The number of pyridine rings is 1. The lowest BCUT2D eigenvalue weighted by Crippen LogP contribution is -2.14. The Balaban J connectivity index is 1.78. The van der Waals surface area contributed by atoms with E-state index in [1.54, 1.807) is 36.5 Å². The van der Waals surface area contributed by atoms with Crippen molar-refractivity contribution in [2.45, 2.75) is 26.2 Å². The second kappa shape index (κ2) is 8.23. The monoisotopic (exact) mass is 379 g/mol. The fraction of sp³-hybridized carbons (Fsp3) is 0.182. The van der Waals surface area contributed by atoms with Gasteiger partial charge < -0.3 is 11.1 Å². The normalized spacial score (nSPS) is 11.8. The highest BCUT2D eigenvalue weighted by molar-refractivity contribution is 6.33. The third kappa shape index (κ3) is 4.29. The molecule has 4 nitrogen and oxygen atoms in total. The van der Waals surface area contributed by atoms with Crippen LogP contribution in [0.3, 0.4) is 0 Å². The summed E-state index contributed by atoms with van der Waals surface area (Å²) in [4.78, 5) is 16.9. The number of nitrogen functional groups attached to an aromatic ring is 1. The zero-order valence-electron chi connectivity index (χ0n) is 15.4. The summed E-state index contributed by atoms with van der Waals surface area (Å²) in [6.07, 6.45) is 2.75. The van der Waals surface area contributed by atoms with Gasteiger partial charge in [-0.2, -0.15) is 0 Å². The average molecular weight is 380 g/mol. The van der Waals surface area contributed by atoms with Gasteiger partial charge in [0.25, 0.3) is 5.91 Å². The number of carbonyl (C=O) groups excluding carboxylic acids is 1. The number of benzene rings is 2. The van der Waals surface area contributed by atoms with Crippen molar-refractivity contribution in [3.05, 3.63) is 76.9 Å². The maximum atomic E-state index is 12.6. The molecule has 3 aromatic rings. The van der Waals surface area contributed by atoms with Crippen molar-refractivity contribution in [2.75, 3.05) is 11.1 Å². The summed E-state index contributed by atoms with van der Waals surface area (Å²) in [5.74, 6) is 0.249. The Morgan fingerprint density at radius 2 is 1.93 bits per heavy atom. The van der Waals surface area contributed by atoms with Gasteiger partial charge in [-0.1, -0.05) is 43.6 Å². The molecule has 0 fully saturated rings. The SMILES string of the molecule is CCC(C)c1ccc(NC(=O)c2ccc(-c3ncccc3Cl)cc2N)cc1. The maximum Gasteiger partial charge on any atom is 0.257 e. The van der Waals surface area contributed by atoms with Crippen LogP contribution in [0.25, 0.3) is 11.3 Å². The van der Waals surface area contributed by atoms with E-state index in [1.807, 2.05) is 24.3 Å². The average Bonchev–Trinajstić information content (AvgIpc) is 2.68. The first-order valence-corrected chi connectivity index (χ1v) is 9.29. The number of rotatable bonds is 5. The molecule has 2 aromatic carbocycles. The van der Waals surface area contributed by atoms with Gasteiger partial charge in [0.1, 0.15) is 0 Å². The van der Waals surface area contributed by atoms with Crippen LogP contribution in [0.15, 0.2) is 60.8 Å². The Kier molecular flexibility index (Phi) is 5.77. The second-order valence-corrected chi connectivity index (χ2v) is 6.93. The molecular formula is C22H22ClN3O. The van der Waals surface area contributed by atoms with Crippen LogP contribution in [0, 0.1) is 0 Å². The van der Waals surface area contributed by atoms with Crippen molar-refractivity contribution in [1.82, 2.24) is 4.98 Å². The Morgan fingerprint density at radius 1 is 1.19 bits per heavy atom. The molecule has 0 aliphatic carbocycles. The molecule has 0 saturated heterocycles. The van der Waals surface area contributed by atoms with Crippen molar-refractivity contribution in [3.8, 4) is 11.3 Å². The van der Waals surface area contributed by atoms with Gasteiger partial charge >= 0.3 is 0 Å². The Morgan fingerprint density at radius 3 is 2.56 bits per heavy atom. The molecule has 0 saturated carbocycles. The first-order valence-electron chi connectivity index (χ1n) is 8.91. The number of hydrogen-bond acceptors (Lipinski definition) is 3. The van der Waals surface area contributed by atoms with E-state index in [9.17, 15) is 4.79 Å². The van der Waals surface area contributed by atoms with Crippen LogP contribution >= 0.6 is 11.6 Å². The summed E-state index contributed by atoms with van der Waals surface area (Å²) in [5, 5.41) is 3.43. The van der Waals surface area contributed by atoms with Gasteiger partial charge in [0.05, 0.1) is 16.3 Å². The van der Waals surface area contributed by atoms with Gasteiger partial charge in [-0.3, -0.25) is 9.78 Å². The summed E-state index contributed by atoms with van der Waals surface area (Å²) >= 11 is 6.18. The van der Waals surface area contributed by atoms with Crippen molar-refractivity contribution < 1.29 is 4.79 Å². The molecule has 1 unspecified atom stereocenters. The fourth-order valence-corrected chi connectivity index (χ4v) is 3.07. The molecule has 1 aromatic heterocycles. The van der Waals surface area contributed by atoms with E-state index in [2.05, 4.69) is 24.1 Å². The maximum absolute atomic E-state index is 12.6. The topological polar surface area (TPSA) is 68.0 Å². The third-order valence-corrected chi connectivity index (χ3v) is 4.98. The molecule has 1 atom stereocenters. The fourth-order valence-electron chi connectivity index (χ4n) is 2.84. The lowest BCUT2D eigenvalue weighted by Gasteiger charge is -2.12. The van der Waals surface area contributed by atoms with Crippen LogP contribution in [0.4, 0.5) is 11.4 Å².